The lowest BCUT2D eigenvalue weighted by Gasteiger charge is -2.22. The van der Waals surface area contributed by atoms with Crippen LogP contribution in [0.3, 0.4) is 0 Å². The predicted octanol–water partition coefficient (Wildman–Crippen LogP) is -1.21. The molecule has 0 aliphatic rings. The molecule has 1 rings (SSSR count). The van der Waals surface area contributed by atoms with E-state index >= 15 is 0 Å². The van der Waals surface area contributed by atoms with Gasteiger partial charge in [-0.2, -0.15) is 15.0 Å². The molecule has 0 aliphatic heterocycles. The minimum absolute atomic E-state index is 0.0291. The van der Waals surface area contributed by atoms with Gasteiger partial charge in [0.05, 0.1) is 13.2 Å². The van der Waals surface area contributed by atoms with Gasteiger partial charge in [0, 0.05) is 41.3 Å². The maximum absolute atomic E-state index is 8.97. The molecule has 0 spiro atoms. The summed E-state index contributed by atoms with van der Waals surface area (Å²) in [4.78, 5) is 18.3. The van der Waals surface area contributed by atoms with Crippen molar-refractivity contribution in [2.45, 2.75) is 0 Å². The molecule has 2 N–H and O–H groups in total. The lowest BCUT2D eigenvalue weighted by molar-refractivity contribution is 0.303. The van der Waals surface area contributed by atoms with Gasteiger partial charge in [0.1, 0.15) is 0 Å². The average Bonchev–Trinajstić information content (AvgIpc) is 2.38. The van der Waals surface area contributed by atoms with E-state index in [4.69, 9.17) is 10.2 Å². The molecule has 108 valence electrons. The maximum atomic E-state index is 8.97. The van der Waals surface area contributed by atoms with Crippen molar-refractivity contribution in [3.8, 4) is 0 Å². The number of aliphatic hydroxyl groups excluding tert-OH is 2. The van der Waals surface area contributed by atoms with Crippen LogP contribution in [0.15, 0.2) is 0 Å². The summed E-state index contributed by atoms with van der Waals surface area (Å²) in [6.07, 6.45) is 0. The highest BCUT2D eigenvalue weighted by Gasteiger charge is 2.13. The van der Waals surface area contributed by atoms with Gasteiger partial charge in [0.25, 0.3) is 0 Å². The van der Waals surface area contributed by atoms with Gasteiger partial charge in [0.15, 0.2) is 0 Å². The first-order valence-electron chi connectivity index (χ1n) is 6.07. The van der Waals surface area contributed by atoms with Crippen LogP contribution in [-0.2, 0) is 0 Å². The Kier molecular flexibility index (Phi) is 5.71. The van der Waals surface area contributed by atoms with E-state index in [2.05, 4.69) is 15.0 Å². The molecule has 0 fully saturated rings. The highest BCUT2D eigenvalue weighted by molar-refractivity contribution is 5.45. The Bertz CT molecular complexity index is 371. The number of rotatable bonds is 7. The summed E-state index contributed by atoms with van der Waals surface area (Å²) < 4.78 is 0. The molecule has 0 saturated carbocycles. The van der Waals surface area contributed by atoms with Gasteiger partial charge in [-0.1, -0.05) is 0 Å². The summed E-state index contributed by atoms with van der Waals surface area (Å²) >= 11 is 0. The molecule has 0 atom stereocenters. The summed E-state index contributed by atoms with van der Waals surface area (Å²) in [6, 6.07) is 0. The standard InChI is InChI=1S/C11H22N6O2/c1-15(2)9-12-10(16(3)5-7-18)14-11(13-9)17(4)6-8-19/h18-19H,5-8H2,1-4H3. The van der Waals surface area contributed by atoms with Crippen LogP contribution in [-0.4, -0.2) is 79.7 Å². The SMILES string of the molecule is CN(C)c1nc(N(C)CCO)nc(N(C)CCO)n1. The summed E-state index contributed by atoms with van der Waals surface area (Å²) in [5, 5.41) is 17.9. The van der Waals surface area contributed by atoms with Crippen LogP contribution in [0.2, 0.25) is 0 Å². The predicted molar refractivity (Wildman–Crippen MR) is 74.9 cm³/mol. The highest BCUT2D eigenvalue weighted by Crippen LogP contribution is 2.16. The normalized spacial score (nSPS) is 10.4. The zero-order chi connectivity index (χ0) is 14.4. The van der Waals surface area contributed by atoms with Crippen molar-refractivity contribution in [2.24, 2.45) is 0 Å². The minimum atomic E-state index is 0.0291. The smallest absolute Gasteiger partial charge is 0.231 e. The fourth-order valence-electron chi connectivity index (χ4n) is 1.38. The lowest BCUT2D eigenvalue weighted by atomic mass is 10.5. The van der Waals surface area contributed by atoms with Crippen molar-refractivity contribution in [3.63, 3.8) is 0 Å². The van der Waals surface area contributed by atoms with Crippen molar-refractivity contribution in [1.29, 1.82) is 0 Å². The van der Waals surface area contributed by atoms with E-state index in [0.717, 1.165) is 0 Å². The van der Waals surface area contributed by atoms with Gasteiger partial charge in [-0.15, -0.1) is 0 Å². The van der Waals surface area contributed by atoms with Crippen LogP contribution in [0.5, 0.6) is 0 Å². The van der Waals surface area contributed by atoms with Crippen LogP contribution in [0.1, 0.15) is 0 Å². The van der Waals surface area contributed by atoms with Crippen LogP contribution in [0.4, 0.5) is 17.8 Å². The molecule has 0 saturated heterocycles. The summed E-state index contributed by atoms with van der Waals surface area (Å²) in [7, 11) is 7.31. The number of likely N-dealkylation sites (N-methyl/N-ethyl adjacent to an activating group) is 2. The number of aliphatic hydroxyl groups is 2. The summed E-state index contributed by atoms with van der Waals surface area (Å²) in [5.74, 6) is 1.52. The lowest BCUT2D eigenvalue weighted by Crippen LogP contribution is -2.29. The minimum Gasteiger partial charge on any atom is -0.395 e. The van der Waals surface area contributed by atoms with E-state index in [9.17, 15) is 0 Å². The Morgan fingerprint density at radius 1 is 0.737 bits per heavy atom. The molecule has 8 heteroatoms. The van der Waals surface area contributed by atoms with Crippen molar-refractivity contribution in [1.82, 2.24) is 15.0 Å². The number of aromatic nitrogens is 3. The molecule has 0 bridgehead atoms. The number of anilines is 3. The maximum Gasteiger partial charge on any atom is 0.231 e. The molecular weight excluding hydrogens is 248 g/mol. The van der Waals surface area contributed by atoms with E-state index in [0.29, 0.717) is 30.9 Å². The third kappa shape index (κ3) is 4.18. The van der Waals surface area contributed by atoms with E-state index < -0.39 is 0 Å². The molecule has 0 aromatic carbocycles. The first-order valence-corrected chi connectivity index (χ1v) is 6.07. The van der Waals surface area contributed by atoms with Gasteiger partial charge in [0.2, 0.25) is 17.8 Å². The summed E-state index contributed by atoms with van der Waals surface area (Å²) in [6.45, 7) is 0.947. The summed E-state index contributed by atoms with van der Waals surface area (Å²) in [5.41, 5.74) is 0. The van der Waals surface area contributed by atoms with Crippen molar-refractivity contribution >= 4 is 17.8 Å². The van der Waals surface area contributed by atoms with E-state index in [-0.39, 0.29) is 13.2 Å². The molecule has 1 aromatic heterocycles. The van der Waals surface area contributed by atoms with E-state index in [1.807, 2.05) is 14.1 Å². The molecule has 0 aliphatic carbocycles. The zero-order valence-corrected chi connectivity index (χ0v) is 11.9. The first kappa shape index (κ1) is 15.4. The first-order chi connectivity index (χ1) is 8.99. The topological polar surface area (TPSA) is 88.9 Å². The molecule has 8 nitrogen and oxygen atoms in total. The van der Waals surface area contributed by atoms with Crippen molar-refractivity contribution in [3.05, 3.63) is 0 Å². The Labute approximate surface area is 113 Å². The van der Waals surface area contributed by atoms with Gasteiger partial charge in [-0.25, -0.2) is 0 Å². The number of nitrogens with zero attached hydrogens (tertiary/aromatic N) is 6. The third-order valence-electron chi connectivity index (χ3n) is 2.55. The van der Waals surface area contributed by atoms with Crippen molar-refractivity contribution < 1.29 is 10.2 Å². The van der Waals surface area contributed by atoms with Crippen LogP contribution in [0, 0.1) is 0 Å². The number of hydrogen-bond donors (Lipinski definition) is 2. The van der Waals surface area contributed by atoms with Crippen molar-refractivity contribution in [2.75, 3.05) is 69.2 Å². The monoisotopic (exact) mass is 270 g/mol. The fraction of sp³-hybridized carbons (Fsp3) is 0.727. The molecule has 0 radical (unpaired) electrons. The Morgan fingerprint density at radius 3 is 1.42 bits per heavy atom. The second kappa shape index (κ2) is 7.05. The second-order valence-electron chi connectivity index (χ2n) is 4.42. The Hall–Kier alpha value is -1.67. The number of hydrogen-bond acceptors (Lipinski definition) is 8. The van der Waals surface area contributed by atoms with E-state index in [1.54, 1.807) is 28.8 Å². The third-order valence-corrected chi connectivity index (χ3v) is 2.55. The Morgan fingerprint density at radius 2 is 1.11 bits per heavy atom. The van der Waals surface area contributed by atoms with Gasteiger partial charge >= 0.3 is 0 Å². The molecule has 0 unspecified atom stereocenters. The Balaban J connectivity index is 3.10. The highest BCUT2D eigenvalue weighted by atomic mass is 16.3. The molecule has 1 aromatic rings. The second-order valence-corrected chi connectivity index (χ2v) is 4.42. The van der Waals surface area contributed by atoms with Gasteiger partial charge in [-0.3, -0.25) is 0 Å². The van der Waals surface area contributed by atoms with Crippen LogP contribution >= 0.6 is 0 Å². The zero-order valence-electron chi connectivity index (χ0n) is 11.9. The quantitative estimate of drug-likeness (QED) is 0.638. The van der Waals surface area contributed by atoms with Gasteiger partial charge in [-0.05, 0) is 0 Å². The molecule has 19 heavy (non-hydrogen) atoms. The van der Waals surface area contributed by atoms with Crippen LogP contribution in [0.25, 0.3) is 0 Å². The van der Waals surface area contributed by atoms with Gasteiger partial charge < -0.3 is 24.9 Å². The molecular formula is C11H22N6O2. The molecule has 1 heterocycles. The largest absolute Gasteiger partial charge is 0.395 e. The van der Waals surface area contributed by atoms with Crippen LogP contribution < -0.4 is 14.7 Å². The molecule has 0 amide bonds. The fourth-order valence-corrected chi connectivity index (χ4v) is 1.38. The van der Waals surface area contributed by atoms with E-state index in [1.165, 1.54) is 0 Å². The average molecular weight is 270 g/mol.